The lowest BCUT2D eigenvalue weighted by Crippen LogP contribution is -2.37. The van der Waals surface area contributed by atoms with E-state index in [1.54, 1.807) is 28.5 Å². The van der Waals surface area contributed by atoms with Crippen LogP contribution in [0, 0.1) is 0 Å². The van der Waals surface area contributed by atoms with Gasteiger partial charge in [-0.05, 0) is 57.1 Å². The molecule has 0 bridgehead atoms. The van der Waals surface area contributed by atoms with Crippen LogP contribution < -0.4 is 5.32 Å². The number of carbonyl (C=O) groups excluding carboxylic acids is 2. The second-order valence-corrected chi connectivity index (χ2v) is 7.90. The molecule has 0 spiro atoms. The normalized spacial score (nSPS) is 19.6. The monoisotopic (exact) mass is 401 g/mol. The van der Waals surface area contributed by atoms with E-state index in [1.807, 2.05) is 42.1 Å². The number of aromatic nitrogens is 3. The van der Waals surface area contributed by atoms with Crippen molar-refractivity contribution in [3.05, 3.63) is 40.4 Å². The van der Waals surface area contributed by atoms with Crippen LogP contribution in [0.4, 0.5) is 0 Å². The highest BCUT2D eigenvalue weighted by Crippen LogP contribution is 2.28. The molecule has 0 unspecified atom stereocenters. The molecule has 2 heterocycles. The van der Waals surface area contributed by atoms with Crippen molar-refractivity contribution >= 4 is 29.2 Å². The number of thiophene rings is 1. The number of nitrogens with one attached hydrogen (secondary N) is 1. The van der Waals surface area contributed by atoms with Gasteiger partial charge in [0.25, 0.3) is 5.91 Å². The molecule has 0 radical (unpaired) electrons. The molecule has 2 aromatic heterocycles. The van der Waals surface area contributed by atoms with Crippen molar-refractivity contribution in [1.82, 2.24) is 25.2 Å². The fourth-order valence-electron chi connectivity index (χ4n) is 3.50. The molecule has 2 aromatic rings. The van der Waals surface area contributed by atoms with Gasteiger partial charge in [0, 0.05) is 30.1 Å². The van der Waals surface area contributed by atoms with Crippen LogP contribution in [0.2, 0.25) is 0 Å². The Bertz CT molecular complexity index is 802. The number of rotatable bonds is 7. The van der Waals surface area contributed by atoms with Crippen molar-refractivity contribution in [3.8, 4) is 0 Å². The second kappa shape index (κ2) is 9.64. The third-order valence-corrected chi connectivity index (χ3v) is 5.98. The largest absolute Gasteiger partial charge is 0.350 e. The summed E-state index contributed by atoms with van der Waals surface area (Å²) >= 11 is 1.61. The van der Waals surface area contributed by atoms with E-state index in [1.165, 1.54) is 0 Å². The van der Waals surface area contributed by atoms with Crippen molar-refractivity contribution in [1.29, 1.82) is 0 Å². The maximum absolute atomic E-state index is 12.4. The van der Waals surface area contributed by atoms with Gasteiger partial charge in [-0.15, -0.1) is 16.4 Å². The van der Waals surface area contributed by atoms with Crippen LogP contribution in [0.15, 0.2) is 29.8 Å². The summed E-state index contributed by atoms with van der Waals surface area (Å²) < 4.78 is 1.81. The molecule has 3 rings (SSSR count). The summed E-state index contributed by atoms with van der Waals surface area (Å²) in [5, 5.41) is 13.3. The molecule has 0 aliphatic heterocycles. The summed E-state index contributed by atoms with van der Waals surface area (Å²) in [5.41, 5.74) is 0.401. The van der Waals surface area contributed by atoms with E-state index in [-0.39, 0.29) is 23.9 Å². The molecule has 1 aliphatic carbocycles. The number of nitrogens with zero attached hydrogens (tertiary/aromatic N) is 4. The van der Waals surface area contributed by atoms with Crippen molar-refractivity contribution in [2.45, 2.75) is 51.6 Å². The van der Waals surface area contributed by atoms with Crippen molar-refractivity contribution in [2.75, 3.05) is 13.1 Å². The highest BCUT2D eigenvalue weighted by atomic mass is 32.1. The highest BCUT2D eigenvalue weighted by Gasteiger charge is 2.25. The standard InChI is InChI=1S/C20H27N5O2S/c1-3-24(4-2)20(27)18-14-25(23-22-18)16-9-7-15(8-10-16)21-19(26)12-11-17-6-5-13-28-17/h5-6,11-16H,3-4,7-10H2,1-2H3,(H,21,26). The molecule has 0 atom stereocenters. The average Bonchev–Trinajstić information content (AvgIpc) is 3.40. The fourth-order valence-corrected chi connectivity index (χ4v) is 4.12. The van der Waals surface area contributed by atoms with Gasteiger partial charge in [-0.25, -0.2) is 4.68 Å². The molecular formula is C20H27N5O2S. The number of carbonyl (C=O) groups is 2. The summed E-state index contributed by atoms with van der Waals surface area (Å²) in [6, 6.07) is 4.35. The summed E-state index contributed by atoms with van der Waals surface area (Å²) in [4.78, 5) is 27.3. The number of amides is 2. The van der Waals surface area contributed by atoms with E-state index in [2.05, 4.69) is 15.6 Å². The molecule has 0 aromatic carbocycles. The van der Waals surface area contributed by atoms with Gasteiger partial charge in [0.1, 0.15) is 0 Å². The van der Waals surface area contributed by atoms with Crippen LogP contribution in [0.1, 0.15) is 60.9 Å². The molecule has 2 amide bonds. The molecule has 150 valence electrons. The molecule has 1 N–H and O–H groups in total. The van der Waals surface area contributed by atoms with Crippen LogP contribution in [-0.2, 0) is 4.79 Å². The van der Waals surface area contributed by atoms with Crippen molar-refractivity contribution in [3.63, 3.8) is 0 Å². The first kappa shape index (κ1) is 20.3. The van der Waals surface area contributed by atoms with Gasteiger partial charge in [0.2, 0.25) is 5.91 Å². The Labute approximate surface area is 169 Å². The van der Waals surface area contributed by atoms with Gasteiger partial charge in [0.05, 0.1) is 12.2 Å². The zero-order valence-corrected chi connectivity index (χ0v) is 17.2. The van der Waals surface area contributed by atoms with Crippen molar-refractivity contribution < 1.29 is 9.59 Å². The Morgan fingerprint density at radius 2 is 2.04 bits per heavy atom. The lowest BCUT2D eigenvalue weighted by atomic mass is 9.91. The minimum Gasteiger partial charge on any atom is -0.350 e. The Kier molecular flexibility index (Phi) is 6.97. The zero-order chi connectivity index (χ0) is 19.9. The highest BCUT2D eigenvalue weighted by molar-refractivity contribution is 7.10. The maximum atomic E-state index is 12.4. The Hall–Kier alpha value is -2.48. The zero-order valence-electron chi connectivity index (χ0n) is 16.4. The molecule has 28 heavy (non-hydrogen) atoms. The fraction of sp³-hybridized carbons (Fsp3) is 0.500. The molecule has 1 saturated carbocycles. The van der Waals surface area contributed by atoms with Gasteiger partial charge >= 0.3 is 0 Å². The molecule has 0 saturated heterocycles. The smallest absolute Gasteiger partial charge is 0.276 e. The van der Waals surface area contributed by atoms with E-state index < -0.39 is 0 Å². The van der Waals surface area contributed by atoms with Crippen LogP contribution in [0.3, 0.4) is 0 Å². The van der Waals surface area contributed by atoms with Gasteiger partial charge < -0.3 is 10.2 Å². The van der Waals surface area contributed by atoms with E-state index in [9.17, 15) is 9.59 Å². The van der Waals surface area contributed by atoms with E-state index in [0.717, 1.165) is 30.6 Å². The van der Waals surface area contributed by atoms with Gasteiger partial charge in [-0.2, -0.15) is 0 Å². The van der Waals surface area contributed by atoms with Crippen molar-refractivity contribution in [2.24, 2.45) is 0 Å². The lowest BCUT2D eigenvalue weighted by Gasteiger charge is -2.28. The summed E-state index contributed by atoms with van der Waals surface area (Å²) in [6.07, 6.45) is 8.79. The summed E-state index contributed by atoms with van der Waals surface area (Å²) in [5.74, 6) is -0.126. The van der Waals surface area contributed by atoms with E-state index in [4.69, 9.17) is 0 Å². The van der Waals surface area contributed by atoms with Crippen LogP contribution in [0.5, 0.6) is 0 Å². The average molecular weight is 402 g/mol. The molecule has 1 aliphatic rings. The van der Waals surface area contributed by atoms with Crippen LogP contribution in [0.25, 0.3) is 6.08 Å². The van der Waals surface area contributed by atoms with Gasteiger partial charge in [-0.3, -0.25) is 9.59 Å². The Morgan fingerprint density at radius 3 is 2.68 bits per heavy atom. The summed E-state index contributed by atoms with van der Waals surface area (Å²) in [7, 11) is 0. The SMILES string of the molecule is CCN(CC)C(=O)c1cn(C2CCC(NC(=O)C=Cc3cccs3)CC2)nn1. The molecule has 1 fully saturated rings. The molecule has 8 heteroatoms. The first-order valence-electron chi connectivity index (χ1n) is 9.83. The number of hydrogen-bond acceptors (Lipinski definition) is 5. The minimum absolute atomic E-state index is 0.0512. The number of hydrogen-bond donors (Lipinski definition) is 1. The molecule has 7 nitrogen and oxygen atoms in total. The lowest BCUT2D eigenvalue weighted by molar-refractivity contribution is -0.117. The maximum Gasteiger partial charge on any atom is 0.276 e. The van der Waals surface area contributed by atoms with Gasteiger partial charge in [0.15, 0.2) is 5.69 Å². The third-order valence-electron chi connectivity index (χ3n) is 5.14. The first-order valence-corrected chi connectivity index (χ1v) is 10.7. The minimum atomic E-state index is -0.0743. The van der Waals surface area contributed by atoms with E-state index in [0.29, 0.717) is 18.8 Å². The predicted molar refractivity (Wildman–Crippen MR) is 110 cm³/mol. The topological polar surface area (TPSA) is 80.1 Å². The second-order valence-electron chi connectivity index (χ2n) is 6.92. The quantitative estimate of drug-likeness (QED) is 0.723. The summed E-state index contributed by atoms with van der Waals surface area (Å²) in [6.45, 7) is 5.23. The molecular weight excluding hydrogens is 374 g/mol. The third kappa shape index (κ3) is 5.07. The van der Waals surface area contributed by atoms with E-state index >= 15 is 0 Å². The predicted octanol–water partition coefficient (Wildman–Crippen LogP) is 3.13. The Morgan fingerprint density at radius 1 is 1.29 bits per heavy atom. The van der Waals surface area contributed by atoms with Gasteiger partial charge in [-0.1, -0.05) is 11.3 Å². The Balaban J connectivity index is 1.49. The van der Waals surface area contributed by atoms with Crippen LogP contribution >= 0.6 is 11.3 Å². The first-order chi connectivity index (χ1) is 13.6. The van der Waals surface area contributed by atoms with Crippen LogP contribution in [-0.4, -0.2) is 50.8 Å².